The Hall–Kier alpha value is -0.570. The second-order valence-electron chi connectivity index (χ2n) is 5.17. The summed E-state index contributed by atoms with van der Waals surface area (Å²) < 4.78 is 10.7. The maximum absolute atomic E-state index is 11.4. The Labute approximate surface area is 98.5 Å². The number of rotatable bonds is 4. The molecule has 1 fully saturated rings. The first-order valence-corrected chi connectivity index (χ1v) is 6.27. The van der Waals surface area contributed by atoms with Crippen molar-refractivity contribution >= 4 is 5.97 Å². The van der Waals surface area contributed by atoms with Gasteiger partial charge in [-0.25, -0.2) is 0 Å². The predicted octanol–water partition coefficient (Wildman–Crippen LogP) is 2.78. The molecule has 0 spiro atoms. The minimum atomic E-state index is -0.157. The lowest BCUT2D eigenvalue weighted by Crippen LogP contribution is -2.36. The van der Waals surface area contributed by atoms with Crippen LogP contribution in [0.5, 0.6) is 0 Å². The van der Waals surface area contributed by atoms with Crippen LogP contribution in [0.1, 0.15) is 46.5 Å². The zero-order valence-corrected chi connectivity index (χ0v) is 10.9. The van der Waals surface area contributed by atoms with E-state index in [1.165, 1.54) is 7.11 Å². The Morgan fingerprint density at radius 2 is 2.06 bits per heavy atom. The summed E-state index contributed by atoms with van der Waals surface area (Å²) >= 11 is 0. The highest BCUT2D eigenvalue weighted by Crippen LogP contribution is 2.28. The van der Waals surface area contributed by atoms with Crippen LogP contribution in [-0.2, 0) is 14.3 Å². The minimum absolute atomic E-state index is 0.0462. The van der Waals surface area contributed by atoms with Gasteiger partial charge in [-0.3, -0.25) is 4.79 Å². The fourth-order valence-corrected chi connectivity index (χ4v) is 2.33. The van der Waals surface area contributed by atoms with Crippen LogP contribution in [0.4, 0.5) is 0 Å². The first-order valence-electron chi connectivity index (χ1n) is 6.27. The van der Waals surface area contributed by atoms with E-state index in [0.29, 0.717) is 12.0 Å². The van der Waals surface area contributed by atoms with Crippen molar-refractivity contribution < 1.29 is 14.3 Å². The van der Waals surface area contributed by atoms with Crippen molar-refractivity contribution in [2.45, 2.75) is 58.7 Å². The van der Waals surface area contributed by atoms with Gasteiger partial charge in [0.25, 0.3) is 0 Å². The number of hydrogen-bond acceptors (Lipinski definition) is 3. The first kappa shape index (κ1) is 13.5. The Morgan fingerprint density at radius 1 is 1.38 bits per heavy atom. The molecule has 3 heteroatoms. The van der Waals surface area contributed by atoms with Crippen molar-refractivity contribution in [2.75, 3.05) is 7.11 Å². The maximum Gasteiger partial charge on any atom is 0.311 e. The van der Waals surface area contributed by atoms with E-state index in [9.17, 15) is 4.79 Å². The fourth-order valence-electron chi connectivity index (χ4n) is 2.33. The molecule has 0 saturated carbocycles. The van der Waals surface area contributed by atoms with Crippen LogP contribution in [0.2, 0.25) is 0 Å². The Morgan fingerprint density at radius 3 is 2.62 bits per heavy atom. The summed E-state index contributed by atoms with van der Waals surface area (Å²) in [6, 6.07) is 0. The summed E-state index contributed by atoms with van der Waals surface area (Å²) in [7, 11) is 1.44. The van der Waals surface area contributed by atoms with E-state index in [-0.39, 0.29) is 18.0 Å². The molecule has 0 aromatic rings. The van der Waals surface area contributed by atoms with Crippen LogP contribution >= 0.6 is 0 Å². The highest BCUT2D eigenvalue weighted by molar-refractivity contribution is 5.72. The lowest BCUT2D eigenvalue weighted by molar-refractivity contribution is -0.155. The number of carbonyl (C=O) groups is 1. The smallest absolute Gasteiger partial charge is 0.311 e. The molecule has 1 unspecified atom stereocenters. The largest absolute Gasteiger partial charge is 0.469 e. The van der Waals surface area contributed by atoms with E-state index < -0.39 is 0 Å². The Balaban J connectivity index is 2.46. The molecule has 1 rings (SSSR count). The predicted molar refractivity (Wildman–Crippen MR) is 63.1 cm³/mol. The van der Waals surface area contributed by atoms with E-state index in [2.05, 4.69) is 13.8 Å². The van der Waals surface area contributed by atoms with Gasteiger partial charge in [-0.05, 0) is 38.5 Å². The minimum Gasteiger partial charge on any atom is -0.469 e. The summed E-state index contributed by atoms with van der Waals surface area (Å²) in [5.74, 6) is 0.354. The van der Waals surface area contributed by atoms with Gasteiger partial charge in [0.15, 0.2) is 0 Å². The molecule has 1 heterocycles. The van der Waals surface area contributed by atoms with Crippen molar-refractivity contribution in [1.82, 2.24) is 0 Å². The molecule has 3 atom stereocenters. The quantitative estimate of drug-likeness (QED) is 0.694. The summed E-state index contributed by atoms with van der Waals surface area (Å²) in [6.45, 7) is 6.31. The molecular formula is C13H24O3. The lowest BCUT2D eigenvalue weighted by Gasteiger charge is -2.33. The number of carbonyl (C=O) groups excluding carboxylic acids is 1. The van der Waals surface area contributed by atoms with E-state index in [0.717, 1.165) is 25.7 Å². The van der Waals surface area contributed by atoms with Crippen molar-refractivity contribution in [3.8, 4) is 0 Å². The van der Waals surface area contributed by atoms with Crippen molar-refractivity contribution in [2.24, 2.45) is 11.8 Å². The molecule has 0 amide bonds. The molecule has 0 radical (unpaired) electrons. The second-order valence-corrected chi connectivity index (χ2v) is 5.17. The number of ether oxygens (including phenoxy) is 2. The van der Waals surface area contributed by atoms with Gasteiger partial charge >= 0.3 is 5.97 Å². The molecule has 0 N–H and O–H groups in total. The summed E-state index contributed by atoms with van der Waals surface area (Å²) in [5, 5.41) is 0. The molecular weight excluding hydrogens is 204 g/mol. The van der Waals surface area contributed by atoms with Crippen LogP contribution in [0.25, 0.3) is 0 Å². The zero-order chi connectivity index (χ0) is 12.1. The molecule has 16 heavy (non-hydrogen) atoms. The van der Waals surface area contributed by atoms with Gasteiger partial charge < -0.3 is 9.47 Å². The highest BCUT2D eigenvalue weighted by Gasteiger charge is 2.31. The average molecular weight is 228 g/mol. The van der Waals surface area contributed by atoms with Gasteiger partial charge in [-0.2, -0.15) is 0 Å². The molecule has 3 nitrogen and oxygen atoms in total. The zero-order valence-electron chi connectivity index (χ0n) is 10.9. The van der Waals surface area contributed by atoms with Gasteiger partial charge in [-0.1, -0.05) is 13.8 Å². The van der Waals surface area contributed by atoms with Crippen LogP contribution in [0, 0.1) is 11.8 Å². The standard InChI is InChI=1S/C13H24O3/c1-9(2)8-11-6-5-7-12(16-11)10(3)13(14)15-4/h9-12H,5-8H2,1-4H3/t10?,11-,12+/m1/s1. The van der Waals surface area contributed by atoms with Gasteiger partial charge in [0.2, 0.25) is 0 Å². The van der Waals surface area contributed by atoms with Crippen LogP contribution in [0.15, 0.2) is 0 Å². The molecule has 0 bridgehead atoms. The number of esters is 1. The second kappa shape index (κ2) is 6.24. The topological polar surface area (TPSA) is 35.5 Å². The van der Waals surface area contributed by atoms with Crippen LogP contribution < -0.4 is 0 Å². The molecule has 0 aromatic carbocycles. The highest BCUT2D eigenvalue weighted by atomic mass is 16.5. The third-order valence-corrected chi connectivity index (χ3v) is 3.25. The molecule has 0 aromatic heterocycles. The average Bonchev–Trinajstić information content (AvgIpc) is 2.26. The van der Waals surface area contributed by atoms with Crippen molar-refractivity contribution in [3.63, 3.8) is 0 Å². The third-order valence-electron chi connectivity index (χ3n) is 3.25. The number of methoxy groups -OCH3 is 1. The molecule has 1 aliphatic heterocycles. The summed E-state index contributed by atoms with van der Waals surface area (Å²) in [4.78, 5) is 11.4. The van der Waals surface area contributed by atoms with Gasteiger partial charge in [-0.15, -0.1) is 0 Å². The molecule has 1 aliphatic rings. The normalized spacial score (nSPS) is 27.8. The fraction of sp³-hybridized carbons (Fsp3) is 0.923. The van der Waals surface area contributed by atoms with Gasteiger partial charge in [0.1, 0.15) is 0 Å². The van der Waals surface area contributed by atoms with E-state index in [4.69, 9.17) is 9.47 Å². The van der Waals surface area contributed by atoms with Crippen molar-refractivity contribution in [1.29, 1.82) is 0 Å². The van der Waals surface area contributed by atoms with E-state index >= 15 is 0 Å². The Bertz CT molecular complexity index is 225. The van der Waals surface area contributed by atoms with Gasteiger partial charge in [0.05, 0.1) is 25.2 Å². The van der Waals surface area contributed by atoms with Crippen LogP contribution in [0.3, 0.4) is 0 Å². The molecule has 94 valence electrons. The lowest BCUT2D eigenvalue weighted by atomic mass is 9.92. The third kappa shape index (κ3) is 3.78. The Kier molecular flexibility index (Phi) is 5.26. The monoisotopic (exact) mass is 228 g/mol. The maximum atomic E-state index is 11.4. The number of hydrogen-bond donors (Lipinski definition) is 0. The molecule has 0 aliphatic carbocycles. The van der Waals surface area contributed by atoms with E-state index in [1.807, 2.05) is 6.92 Å². The summed E-state index contributed by atoms with van der Waals surface area (Å²) in [6.07, 6.45) is 4.72. The van der Waals surface area contributed by atoms with Crippen molar-refractivity contribution in [3.05, 3.63) is 0 Å². The summed E-state index contributed by atoms with van der Waals surface area (Å²) in [5.41, 5.74) is 0. The van der Waals surface area contributed by atoms with Gasteiger partial charge in [0, 0.05) is 0 Å². The van der Waals surface area contributed by atoms with E-state index in [1.54, 1.807) is 0 Å². The first-order chi connectivity index (χ1) is 7.54. The SMILES string of the molecule is COC(=O)C(C)[C@@H]1CCC[C@H](CC(C)C)O1. The van der Waals surface area contributed by atoms with Crippen LogP contribution in [-0.4, -0.2) is 25.3 Å². The molecule has 1 saturated heterocycles.